The molecular formula is C7H12OS. The SMILES string of the molecule is CSCC1(C(C)=O)CC1. The Morgan fingerprint density at radius 1 is 1.67 bits per heavy atom. The van der Waals surface area contributed by atoms with E-state index in [0.29, 0.717) is 5.78 Å². The van der Waals surface area contributed by atoms with E-state index in [1.54, 1.807) is 18.7 Å². The van der Waals surface area contributed by atoms with E-state index >= 15 is 0 Å². The van der Waals surface area contributed by atoms with Crippen molar-refractivity contribution in [1.82, 2.24) is 0 Å². The van der Waals surface area contributed by atoms with E-state index in [1.165, 1.54) is 0 Å². The molecule has 0 aliphatic heterocycles. The van der Waals surface area contributed by atoms with E-state index in [2.05, 4.69) is 6.26 Å². The van der Waals surface area contributed by atoms with Crippen molar-refractivity contribution in [2.24, 2.45) is 5.41 Å². The number of carbonyl (C=O) groups excluding carboxylic acids is 1. The fourth-order valence-corrected chi connectivity index (χ4v) is 2.07. The van der Waals surface area contributed by atoms with Crippen molar-refractivity contribution in [2.75, 3.05) is 12.0 Å². The molecule has 0 aromatic heterocycles. The minimum Gasteiger partial charge on any atom is -0.299 e. The average Bonchev–Trinajstić information content (AvgIpc) is 2.49. The number of thioether (sulfide) groups is 1. The summed E-state index contributed by atoms with van der Waals surface area (Å²) in [5.74, 6) is 1.42. The first-order valence-electron chi connectivity index (χ1n) is 3.21. The molecule has 0 radical (unpaired) electrons. The highest BCUT2D eigenvalue weighted by atomic mass is 32.2. The second-order valence-electron chi connectivity index (χ2n) is 2.77. The lowest BCUT2D eigenvalue weighted by atomic mass is 10.1. The monoisotopic (exact) mass is 144 g/mol. The Labute approximate surface area is 60.2 Å². The lowest BCUT2D eigenvalue weighted by Crippen LogP contribution is -2.14. The van der Waals surface area contributed by atoms with Gasteiger partial charge in [0.1, 0.15) is 5.78 Å². The Morgan fingerprint density at radius 2 is 2.22 bits per heavy atom. The van der Waals surface area contributed by atoms with Gasteiger partial charge in [0.15, 0.2) is 0 Å². The largest absolute Gasteiger partial charge is 0.299 e. The number of Topliss-reactive ketones (excluding diaryl/α,β-unsaturated/α-hetero) is 1. The zero-order valence-electron chi connectivity index (χ0n) is 5.94. The lowest BCUT2D eigenvalue weighted by Gasteiger charge is -2.06. The summed E-state index contributed by atoms with van der Waals surface area (Å²) in [6.07, 6.45) is 4.31. The Hall–Kier alpha value is 0.0200. The predicted octanol–water partition coefficient (Wildman–Crippen LogP) is 1.72. The predicted molar refractivity (Wildman–Crippen MR) is 40.7 cm³/mol. The molecule has 0 heterocycles. The van der Waals surface area contributed by atoms with E-state index in [0.717, 1.165) is 18.6 Å². The first kappa shape index (κ1) is 7.13. The van der Waals surface area contributed by atoms with E-state index in [-0.39, 0.29) is 5.41 Å². The maximum Gasteiger partial charge on any atom is 0.136 e. The fraction of sp³-hybridized carbons (Fsp3) is 0.857. The van der Waals surface area contributed by atoms with Gasteiger partial charge in [-0.3, -0.25) is 4.79 Å². The first-order chi connectivity index (χ1) is 4.21. The van der Waals surface area contributed by atoms with E-state index in [1.807, 2.05) is 0 Å². The van der Waals surface area contributed by atoms with Crippen molar-refractivity contribution < 1.29 is 4.79 Å². The van der Waals surface area contributed by atoms with Crippen molar-refractivity contribution in [2.45, 2.75) is 19.8 Å². The summed E-state index contributed by atoms with van der Waals surface area (Å²) < 4.78 is 0. The van der Waals surface area contributed by atoms with Crippen molar-refractivity contribution in [1.29, 1.82) is 0 Å². The maximum absolute atomic E-state index is 10.9. The van der Waals surface area contributed by atoms with Gasteiger partial charge in [0, 0.05) is 11.2 Å². The minimum absolute atomic E-state index is 0.124. The summed E-state index contributed by atoms with van der Waals surface area (Å²) in [5.41, 5.74) is 0.124. The molecule has 52 valence electrons. The van der Waals surface area contributed by atoms with Gasteiger partial charge in [0.2, 0.25) is 0 Å². The normalized spacial score (nSPS) is 21.6. The third-order valence-corrected chi connectivity index (χ3v) is 2.86. The van der Waals surface area contributed by atoms with Crippen LogP contribution in [0.15, 0.2) is 0 Å². The van der Waals surface area contributed by atoms with Gasteiger partial charge in [-0.25, -0.2) is 0 Å². The standard InChI is InChI=1S/C7H12OS/c1-6(8)7(3-4-7)5-9-2/h3-5H2,1-2H3. The quantitative estimate of drug-likeness (QED) is 0.600. The summed E-state index contributed by atoms with van der Waals surface area (Å²) in [6.45, 7) is 1.71. The van der Waals surface area contributed by atoms with Gasteiger partial charge in [-0.1, -0.05) is 0 Å². The number of carbonyl (C=O) groups is 1. The highest BCUT2D eigenvalue weighted by Crippen LogP contribution is 2.48. The number of hydrogen-bond donors (Lipinski definition) is 0. The average molecular weight is 144 g/mol. The molecule has 0 aromatic carbocycles. The molecule has 1 aliphatic rings. The zero-order valence-corrected chi connectivity index (χ0v) is 6.75. The number of ketones is 1. The Bertz CT molecular complexity index is 127. The van der Waals surface area contributed by atoms with Crippen LogP contribution in [-0.2, 0) is 4.79 Å². The van der Waals surface area contributed by atoms with Crippen LogP contribution in [0.3, 0.4) is 0 Å². The Balaban J connectivity index is 2.43. The van der Waals surface area contributed by atoms with Crippen LogP contribution >= 0.6 is 11.8 Å². The molecule has 0 saturated heterocycles. The van der Waals surface area contributed by atoms with Gasteiger partial charge in [-0.2, -0.15) is 11.8 Å². The van der Waals surface area contributed by atoms with E-state index < -0.39 is 0 Å². The summed E-state index contributed by atoms with van der Waals surface area (Å²) in [4.78, 5) is 10.9. The van der Waals surface area contributed by atoms with Crippen molar-refractivity contribution >= 4 is 17.5 Å². The molecule has 9 heavy (non-hydrogen) atoms. The van der Waals surface area contributed by atoms with Crippen molar-refractivity contribution in [3.8, 4) is 0 Å². The molecule has 0 amide bonds. The van der Waals surface area contributed by atoms with Crippen molar-refractivity contribution in [3.63, 3.8) is 0 Å². The molecule has 1 saturated carbocycles. The van der Waals surface area contributed by atoms with Crippen LogP contribution < -0.4 is 0 Å². The zero-order chi connectivity index (χ0) is 6.91. The molecule has 1 nitrogen and oxygen atoms in total. The highest BCUT2D eigenvalue weighted by molar-refractivity contribution is 7.98. The summed E-state index contributed by atoms with van der Waals surface area (Å²) in [7, 11) is 0. The second-order valence-corrected chi connectivity index (χ2v) is 3.64. The fourth-order valence-electron chi connectivity index (χ4n) is 1.03. The Kier molecular flexibility index (Phi) is 1.85. The van der Waals surface area contributed by atoms with Gasteiger partial charge in [0.25, 0.3) is 0 Å². The summed E-state index contributed by atoms with van der Waals surface area (Å²) in [5, 5.41) is 0. The van der Waals surface area contributed by atoms with Crippen LogP contribution in [-0.4, -0.2) is 17.8 Å². The van der Waals surface area contributed by atoms with Gasteiger partial charge in [-0.15, -0.1) is 0 Å². The highest BCUT2D eigenvalue weighted by Gasteiger charge is 2.46. The second kappa shape index (κ2) is 2.33. The molecule has 0 unspecified atom stereocenters. The van der Waals surface area contributed by atoms with Crippen LogP contribution in [0.1, 0.15) is 19.8 Å². The number of rotatable bonds is 3. The topological polar surface area (TPSA) is 17.1 Å². The van der Waals surface area contributed by atoms with Crippen LogP contribution in [0.25, 0.3) is 0 Å². The van der Waals surface area contributed by atoms with Crippen LogP contribution in [0, 0.1) is 5.41 Å². The molecule has 0 bridgehead atoms. The summed E-state index contributed by atoms with van der Waals surface area (Å²) in [6, 6.07) is 0. The molecule has 1 aliphatic carbocycles. The smallest absolute Gasteiger partial charge is 0.136 e. The molecule has 1 rings (SSSR count). The minimum atomic E-state index is 0.124. The van der Waals surface area contributed by atoms with Crippen molar-refractivity contribution in [3.05, 3.63) is 0 Å². The van der Waals surface area contributed by atoms with Gasteiger partial charge in [0.05, 0.1) is 0 Å². The van der Waals surface area contributed by atoms with Gasteiger partial charge < -0.3 is 0 Å². The van der Waals surface area contributed by atoms with E-state index in [4.69, 9.17) is 0 Å². The van der Waals surface area contributed by atoms with E-state index in [9.17, 15) is 4.79 Å². The molecule has 0 aromatic rings. The third kappa shape index (κ3) is 1.29. The molecule has 0 atom stereocenters. The lowest BCUT2D eigenvalue weighted by molar-refractivity contribution is -0.121. The van der Waals surface area contributed by atoms with Crippen LogP contribution in [0.4, 0.5) is 0 Å². The third-order valence-electron chi connectivity index (χ3n) is 2.02. The first-order valence-corrected chi connectivity index (χ1v) is 4.61. The maximum atomic E-state index is 10.9. The molecule has 0 spiro atoms. The molecule has 1 fully saturated rings. The molecular weight excluding hydrogens is 132 g/mol. The molecule has 0 N–H and O–H groups in total. The Morgan fingerprint density at radius 3 is 2.33 bits per heavy atom. The van der Waals surface area contributed by atoms with Gasteiger partial charge >= 0.3 is 0 Å². The van der Waals surface area contributed by atoms with Crippen LogP contribution in [0.5, 0.6) is 0 Å². The van der Waals surface area contributed by atoms with Crippen LogP contribution in [0.2, 0.25) is 0 Å². The molecule has 2 heteroatoms. The van der Waals surface area contributed by atoms with Gasteiger partial charge in [-0.05, 0) is 26.0 Å². The summed E-state index contributed by atoms with van der Waals surface area (Å²) >= 11 is 1.78. The number of hydrogen-bond acceptors (Lipinski definition) is 2.